The van der Waals surface area contributed by atoms with Gasteiger partial charge in [-0.25, -0.2) is 0 Å². The minimum atomic E-state index is 0.998. The molecule has 0 saturated carbocycles. The van der Waals surface area contributed by atoms with Crippen molar-refractivity contribution < 1.29 is 0 Å². The fraction of sp³-hybridized carbons (Fsp3) is 0.667. The summed E-state index contributed by atoms with van der Waals surface area (Å²) in [5.41, 5.74) is 5.98. The molecule has 1 heterocycles. The van der Waals surface area contributed by atoms with Crippen LogP contribution in [0.3, 0.4) is 0 Å². The minimum absolute atomic E-state index is 0.998. The van der Waals surface area contributed by atoms with E-state index in [-0.39, 0.29) is 0 Å². The molecular formula is C12H23N3. The third-order valence-electron chi connectivity index (χ3n) is 2.86. The van der Waals surface area contributed by atoms with Crippen LogP contribution < -0.4 is 5.43 Å². The molecule has 0 bridgehead atoms. The Bertz CT molecular complexity index is 268. The molecule has 0 fully saturated rings. The molecule has 15 heavy (non-hydrogen) atoms. The number of hydrogen-bond acceptors (Lipinski definition) is 2. The number of nitrogens with one attached hydrogen (secondary N) is 1. The standard InChI is InChI=1S/C12H23N3/c1-5-14(6-2)10-9-13-15-11(3)7-8-12(15)4/h7-8,13H,5-6,9-10H2,1-4H3. The Morgan fingerprint density at radius 1 is 1.13 bits per heavy atom. The van der Waals surface area contributed by atoms with Crippen LogP contribution in [0.2, 0.25) is 0 Å². The van der Waals surface area contributed by atoms with Crippen molar-refractivity contribution in [2.75, 3.05) is 31.6 Å². The Balaban J connectivity index is 2.37. The summed E-state index contributed by atoms with van der Waals surface area (Å²) in [6.45, 7) is 13.0. The van der Waals surface area contributed by atoms with Crippen LogP contribution in [-0.4, -0.2) is 35.8 Å². The van der Waals surface area contributed by atoms with Gasteiger partial charge in [-0.15, -0.1) is 0 Å². The van der Waals surface area contributed by atoms with Crippen LogP contribution in [-0.2, 0) is 0 Å². The van der Waals surface area contributed by atoms with Gasteiger partial charge in [0, 0.05) is 24.5 Å². The van der Waals surface area contributed by atoms with Gasteiger partial charge in [-0.2, -0.15) is 0 Å². The number of nitrogens with zero attached hydrogens (tertiary/aromatic N) is 2. The molecule has 0 amide bonds. The van der Waals surface area contributed by atoms with Crippen LogP contribution in [0.15, 0.2) is 12.1 Å². The summed E-state index contributed by atoms with van der Waals surface area (Å²) in [7, 11) is 0. The first-order valence-electron chi connectivity index (χ1n) is 5.80. The number of likely N-dealkylation sites (N-methyl/N-ethyl adjacent to an activating group) is 1. The summed E-state index contributed by atoms with van der Waals surface area (Å²) < 4.78 is 2.16. The van der Waals surface area contributed by atoms with Gasteiger partial charge in [-0.1, -0.05) is 13.8 Å². The normalized spacial score (nSPS) is 11.0. The Hall–Kier alpha value is -0.960. The highest BCUT2D eigenvalue weighted by molar-refractivity contribution is 5.15. The van der Waals surface area contributed by atoms with E-state index in [2.05, 4.69) is 54.8 Å². The zero-order valence-electron chi connectivity index (χ0n) is 10.4. The van der Waals surface area contributed by atoms with Crippen LogP contribution in [0, 0.1) is 13.8 Å². The largest absolute Gasteiger partial charge is 0.325 e. The van der Waals surface area contributed by atoms with Crippen LogP contribution in [0.5, 0.6) is 0 Å². The van der Waals surface area contributed by atoms with Crippen molar-refractivity contribution in [2.45, 2.75) is 27.7 Å². The summed E-state index contributed by atoms with van der Waals surface area (Å²) in [5, 5.41) is 0. The van der Waals surface area contributed by atoms with E-state index >= 15 is 0 Å². The predicted octanol–water partition coefficient (Wildman–Crippen LogP) is 1.99. The second-order valence-electron chi connectivity index (χ2n) is 3.89. The molecule has 0 aliphatic heterocycles. The number of rotatable bonds is 6. The zero-order chi connectivity index (χ0) is 11.3. The third-order valence-corrected chi connectivity index (χ3v) is 2.86. The van der Waals surface area contributed by atoms with Gasteiger partial charge in [0.25, 0.3) is 0 Å². The second-order valence-corrected chi connectivity index (χ2v) is 3.89. The van der Waals surface area contributed by atoms with E-state index in [1.54, 1.807) is 0 Å². The van der Waals surface area contributed by atoms with E-state index in [0.29, 0.717) is 0 Å². The molecule has 0 aromatic carbocycles. The minimum Gasteiger partial charge on any atom is -0.325 e. The zero-order valence-corrected chi connectivity index (χ0v) is 10.4. The quantitative estimate of drug-likeness (QED) is 0.773. The molecule has 1 aromatic heterocycles. The lowest BCUT2D eigenvalue weighted by Gasteiger charge is -2.20. The highest BCUT2D eigenvalue weighted by Gasteiger charge is 2.01. The summed E-state index contributed by atoms with van der Waals surface area (Å²) >= 11 is 0. The van der Waals surface area contributed by atoms with E-state index in [0.717, 1.165) is 26.2 Å². The average Bonchev–Trinajstić information content (AvgIpc) is 2.55. The highest BCUT2D eigenvalue weighted by atomic mass is 15.4. The fourth-order valence-electron chi connectivity index (χ4n) is 1.78. The van der Waals surface area contributed by atoms with Crippen LogP contribution in [0.25, 0.3) is 0 Å². The first kappa shape index (κ1) is 12.1. The van der Waals surface area contributed by atoms with Gasteiger partial charge in [0.15, 0.2) is 0 Å². The van der Waals surface area contributed by atoms with Crippen molar-refractivity contribution in [1.82, 2.24) is 9.58 Å². The molecule has 0 aliphatic carbocycles. The first-order valence-corrected chi connectivity index (χ1v) is 5.80. The van der Waals surface area contributed by atoms with Crippen molar-refractivity contribution in [3.63, 3.8) is 0 Å². The lowest BCUT2D eigenvalue weighted by molar-refractivity contribution is 0.313. The molecule has 0 radical (unpaired) electrons. The van der Waals surface area contributed by atoms with E-state index in [1.807, 2.05) is 0 Å². The number of aryl methyl sites for hydroxylation is 2. The molecule has 0 aliphatic rings. The molecule has 1 rings (SSSR count). The molecule has 86 valence electrons. The maximum atomic E-state index is 3.44. The van der Waals surface area contributed by atoms with Gasteiger partial charge in [0.1, 0.15) is 0 Å². The molecule has 0 saturated heterocycles. The maximum Gasteiger partial charge on any atom is 0.0441 e. The Morgan fingerprint density at radius 2 is 1.67 bits per heavy atom. The van der Waals surface area contributed by atoms with Crippen molar-refractivity contribution in [2.24, 2.45) is 0 Å². The van der Waals surface area contributed by atoms with E-state index < -0.39 is 0 Å². The van der Waals surface area contributed by atoms with Gasteiger partial charge < -0.3 is 10.3 Å². The summed E-state index contributed by atoms with van der Waals surface area (Å²) in [5.74, 6) is 0. The van der Waals surface area contributed by atoms with Crippen molar-refractivity contribution in [3.05, 3.63) is 23.5 Å². The molecule has 1 aromatic rings. The summed E-state index contributed by atoms with van der Waals surface area (Å²) in [4.78, 5) is 2.42. The van der Waals surface area contributed by atoms with Gasteiger partial charge in [0.05, 0.1) is 0 Å². The molecule has 1 N–H and O–H groups in total. The predicted molar refractivity (Wildman–Crippen MR) is 65.9 cm³/mol. The van der Waals surface area contributed by atoms with Crippen molar-refractivity contribution in [1.29, 1.82) is 0 Å². The molecule has 0 unspecified atom stereocenters. The van der Waals surface area contributed by atoms with Crippen molar-refractivity contribution in [3.8, 4) is 0 Å². The smallest absolute Gasteiger partial charge is 0.0441 e. The number of hydrogen-bond donors (Lipinski definition) is 1. The Morgan fingerprint density at radius 3 is 2.13 bits per heavy atom. The molecule has 0 spiro atoms. The lowest BCUT2D eigenvalue weighted by Crippen LogP contribution is -2.31. The Kier molecular flexibility index (Phi) is 4.69. The Labute approximate surface area is 93.0 Å². The SMILES string of the molecule is CCN(CC)CCNn1c(C)ccc1C. The van der Waals surface area contributed by atoms with E-state index in [4.69, 9.17) is 0 Å². The highest BCUT2D eigenvalue weighted by Crippen LogP contribution is 2.03. The summed E-state index contributed by atoms with van der Waals surface area (Å²) in [6, 6.07) is 4.28. The topological polar surface area (TPSA) is 20.2 Å². The van der Waals surface area contributed by atoms with E-state index in [9.17, 15) is 0 Å². The van der Waals surface area contributed by atoms with Gasteiger partial charge in [-0.05, 0) is 39.1 Å². The first-order chi connectivity index (χ1) is 7.19. The fourth-order valence-corrected chi connectivity index (χ4v) is 1.78. The molecular weight excluding hydrogens is 186 g/mol. The van der Waals surface area contributed by atoms with Gasteiger partial charge >= 0.3 is 0 Å². The average molecular weight is 209 g/mol. The van der Waals surface area contributed by atoms with Crippen LogP contribution in [0.1, 0.15) is 25.2 Å². The summed E-state index contributed by atoms with van der Waals surface area (Å²) in [6.07, 6.45) is 0. The van der Waals surface area contributed by atoms with Gasteiger partial charge in [0.2, 0.25) is 0 Å². The lowest BCUT2D eigenvalue weighted by atomic mass is 10.5. The third kappa shape index (κ3) is 3.27. The second kappa shape index (κ2) is 5.81. The van der Waals surface area contributed by atoms with E-state index in [1.165, 1.54) is 11.4 Å². The molecule has 0 atom stereocenters. The molecule has 3 nitrogen and oxygen atoms in total. The monoisotopic (exact) mass is 209 g/mol. The van der Waals surface area contributed by atoms with Crippen molar-refractivity contribution >= 4 is 0 Å². The number of aromatic nitrogens is 1. The van der Waals surface area contributed by atoms with Crippen LogP contribution >= 0.6 is 0 Å². The molecule has 3 heteroatoms. The van der Waals surface area contributed by atoms with Crippen LogP contribution in [0.4, 0.5) is 0 Å². The maximum absolute atomic E-state index is 3.44. The van der Waals surface area contributed by atoms with Gasteiger partial charge in [-0.3, -0.25) is 4.68 Å².